The highest BCUT2D eigenvalue weighted by molar-refractivity contribution is 7.21. The van der Waals surface area contributed by atoms with Crippen LogP contribution in [0, 0.1) is 0 Å². The van der Waals surface area contributed by atoms with Gasteiger partial charge in [-0.2, -0.15) is 0 Å². The van der Waals surface area contributed by atoms with Gasteiger partial charge in [0.15, 0.2) is 0 Å². The molecular weight excluding hydrogens is 218 g/mol. The molecule has 1 aromatic heterocycles. The molecule has 2 nitrogen and oxygen atoms in total. The molecule has 0 aliphatic carbocycles. The van der Waals surface area contributed by atoms with Crippen LogP contribution in [0.4, 0.5) is 0 Å². The van der Waals surface area contributed by atoms with E-state index >= 15 is 0 Å². The predicted molar refractivity (Wildman–Crippen MR) is 65.7 cm³/mol. The minimum Gasteiger partial charge on any atom is -0.507 e. The van der Waals surface area contributed by atoms with Crippen molar-refractivity contribution in [1.82, 2.24) is 4.98 Å². The number of phenolic OH excluding ortho intramolecular Hbond substituents is 1. The molecule has 0 amide bonds. The lowest BCUT2D eigenvalue weighted by molar-refractivity contribution is 0.479. The van der Waals surface area contributed by atoms with E-state index in [-0.39, 0.29) is 0 Å². The average Bonchev–Trinajstić information content (AvgIpc) is 2.70. The summed E-state index contributed by atoms with van der Waals surface area (Å²) in [6.45, 7) is 0. The molecule has 4 bridgehead atoms. The van der Waals surface area contributed by atoms with E-state index in [1.807, 2.05) is 30.3 Å². The minimum absolute atomic E-state index is 0.351. The van der Waals surface area contributed by atoms with E-state index in [2.05, 4.69) is 11.1 Å². The topological polar surface area (TPSA) is 33.1 Å². The highest BCUT2D eigenvalue weighted by Gasteiger charge is 2.20. The Kier molecular flexibility index (Phi) is 1.36. The van der Waals surface area contributed by atoms with Crippen LogP contribution in [0.25, 0.3) is 31.9 Å². The van der Waals surface area contributed by atoms with Gasteiger partial charge in [-0.05, 0) is 12.1 Å². The third-order valence-corrected chi connectivity index (χ3v) is 4.03. The maximum Gasteiger partial charge on any atom is 0.133 e. The monoisotopic (exact) mass is 225 g/mol. The first-order chi connectivity index (χ1) is 7.84. The van der Waals surface area contributed by atoms with Crippen molar-refractivity contribution in [1.29, 1.82) is 0 Å². The van der Waals surface area contributed by atoms with E-state index in [0.29, 0.717) is 5.75 Å². The Balaban J connectivity index is 2.35. The molecule has 0 unspecified atom stereocenters. The Labute approximate surface area is 95.8 Å². The van der Waals surface area contributed by atoms with Crippen molar-refractivity contribution in [2.24, 2.45) is 0 Å². The molecule has 3 heteroatoms. The second-order valence-corrected chi connectivity index (χ2v) is 4.90. The van der Waals surface area contributed by atoms with Crippen LogP contribution in [-0.2, 0) is 0 Å². The average molecular weight is 225 g/mol. The molecule has 0 spiro atoms. The van der Waals surface area contributed by atoms with E-state index in [0.717, 1.165) is 27.2 Å². The SMILES string of the molecule is Oc1c2cccc1-c1cccc3sc-2nc13. The fraction of sp³-hybridized carbons (Fsp3) is 0. The van der Waals surface area contributed by atoms with Crippen LogP contribution in [0.3, 0.4) is 0 Å². The highest BCUT2D eigenvalue weighted by atomic mass is 32.1. The third kappa shape index (κ3) is 0.847. The highest BCUT2D eigenvalue weighted by Crippen LogP contribution is 2.46. The molecule has 2 heterocycles. The number of aromatic nitrogens is 1. The molecule has 2 aromatic carbocycles. The van der Waals surface area contributed by atoms with Crippen LogP contribution in [0.15, 0.2) is 36.4 Å². The fourth-order valence-electron chi connectivity index (χ4n) is 2.21. The second kappa shape index (κ2) is 2.62. The van der Waals surface area contributed by atoms with Crippen LogP contribution in [0.2, 0.25) is 0 Å². The number of phenols is 1. The van der Waals surface area contributed by atoms with Crippen molar-refractivity contribution in [3.05, 3.63) is 36.4 Å². The summed E-state index contributed by atoms with van der Waals surface area (Å²) in [5, 5.41) is 11.1. The number of rotatable bonds is 0. The first kappa shape index (κ1) is 8.30. The van der Waals surface area contributed by atoms with Gasteiger partial charge in [0.1, 0.15) is 10.8 Å². The molecule has 0 radical (unpaired) electrons. The van der Waals surface area contributed by atoms with Gasteiger partial charge in [0.05, 0.1) is 15.8 Å². The Hall–Kier alpha value is -1.87. The summed E-state index contributed by atoms with van der Waals surface area (Å²) in [5.74, 6) is 0.351. The summed E-state index contributed by atoms with van der Waals surface area (Å²) >= 11 is 1.63. The second-order valence-electron chi connectivity index (χ2n) is 3.87. The van der Waals surface area contributed by atoms with Crippen LogP contribution < -0.4 is 0 Å². The van der Waals surface area contributed by atoms with Crippen molar-refractivity contribution in [3.8, 4) is 27.4 Å². The van der Waals surface area contributed by atoms with Gasteiger partial charge in [-0.25, -0.2) is 4.98 Å². The number of thiazole rings is 1. The molecule has 1 aliphatic heterocycles. The molecule has 3 aromatic rings. The molecule has 16 heavy (non-hydrogen) atoms. The number of nitrogens with zero attached hydrogens (tertiary/aromatic N) is 1. The Morgan fingerprint density at radius 3 is 2.62 bits per heavy atom. The van der Waals surface area contributed by atoms with Gasteiger partial charge in [0.25, 0.3) is 0 Å². The van der Waals surface area contributed by atoms with Crippen molar-refractivity contribution >= 4 is 21.6 Å². The van der Waals surface area contributed by atoms with Crippen LogP contribution in [-0.4, -0.2) is 10.1 Å². The summed E-state index contributed by atoms with van der Waals surface area (Å²) < 4.78 is 1.18. The van der Waals surface area contributed by atoms with Gasteiger partial charge < -0.3 is 5.11 Å². The summed E-state index contributed by atoms with van der Waals surface area (Å²) in [6, 6.07) is 11.9. The van der Waals surface area contributed by atoms with Gasteiger partial charge in [-0.1, -0.05) is 24.3 Å². The molecule has 1 N–H and O–H groups in total. The summed E-state index contributed by atoms with van der Waals surface area (Å²) in [6.07, 6.45) is 0. The van der Waals surface area contributed by atoms with Crippen LogP contribution in [0.1, 0.15) is 0 Å². The number of hydrogen-bond acceptors (Lipinski definition) is 3. The third-order valence-electron chi connectivity index (χ3n) is 2.98. The first-order valence-electron chi connectivity index (χ1n) is 5.07. The smallest absolute Gasteiger partial charge is 0.133 e. The molecule has 0 saturated carbocycles. The van der Waals surface area contributed by atoms with Gasteiger partial charge >= 0.3 is 0 Å². The Morgan fingerprint density at radius 2 is 1.69 bits per heavy atom. The molecule has 0 atom stereocenters. The van der Waals surface area contributed by atoms with Crippen LogP contribution in [0.5, 0.6) is 5.75 Å². The maximum absolute atomic E-state index is 10.2. The maximum atomic E-state index is 10.2. The zero-order valence-electron chi connectivity index (χ0n) is 8.27. The number of aromatic hydroxyl groups is 1. The van der Waals surface area contributed by atoms with Gasteiger partial charge in [-0.3, -0.25) is 0 Å². The van der Waals surface area contributed by atoms with E-state index in [4.69, 9.17) is 0 Å². The quantitative estimate of drug-likeness (QED) is 0.495. The lowest BCUT2D eigenvalue weighted by Gasteiger charge is -2.07. The summed E-state index contributed by atoms with van der Waals surface area (Å²) in [7, 11) is 0. The van der Waals surface area contributed by atoms with Gasteiger partial charge in [-0.15, -0.1) is 11.3 Å². The molecular formula is C13H7NOS. The van der Waals surface area contributed by atoms with E-state index in [9.17, 15) is 5.11 Å². The molecule has 0 saturated heterocycles. The molecule has 76 valence electrons. The largest absolute Gasteiger partial charge is 0.507 e. The normalized spacial score (nSPS) is 12.0. The Bertz CT molecular complexity index is 730. The van der Waals surface area contributed by atoms with Crippen molar-refractivity contribution < 1.29 is 5.11 Å². The first-order valence-corrected chi connectivity index (χ1v) is 5.88. The van der Waals surface area contributed by atoms with Crippen molar-refractivity contribution in [2.45, 2.75) is 0 Å². The van der Waals surface area contributed by atoms with Gasteiger partial charge in [0, 0.05) is 11.1 Å². The number of fused-ring (bicyclic) bond motifs is 5. The van der Waals surface area contributed by atoms with Gasteiger partial charge in [0.2, 0.25) is 0 Å². The predicted octanol–water partition coefficient (Wildman–Crippen LogP) is 3.65. The van der Waals surface area contributed by atoms with Crippen molar-refractivity contribution in [3.63, 3.8) is 0 Å². The van der Waals surface area contributed by atoms with E-state index < -0.39 is 0 Å². The van der Waals surface area contributed by atoms with Crippen molar-refractivity contribution in [2.75, 3.05) is 0 Å². The number of para-hydroxylation sites is 2. The molecule has 4 rings (SSSR count). The van der Waals surface area contributed by atoms with Crippen LogP contribution >= 0.6 is 11.3 Å². The Morgan fingerprint density at radius 1 is 0.938 bits per heavy atom. The van der Waals surface area contributed by atoms with E-state index in [1.165, 1.54) is 4.70 Å². The number of benzene rings is 2. The molecule has 1 aliphatic rings. The number of hydrogen-bond donors (Lipinski definition) is 1. The minimum atomic E-state index is 0.351. The zero-order chi connectivity index (χ0) is 10.7. The lowest BCUT2D eigenvalue weighted by Crippen LogP contribution is -1.81. The standard InChI is InChI=1S/C13H7NOS/c15-12-8-4-1-5-9(12)13-14-11-7(8)3-2-6-10(11)16-13/h1-6,15H. The zero-order valence-corrected chi connectivity index (χ0v) is 9.08. The van der Waals surface area contributed by atoms with E-state index in [1.54, 1.807) is 11.3 Å². The summed E-state index contributed by atoms with van der Waals surface area (Å²) in [5.41, 5.74) is 3.75. The fourth-order valence-corrected chi connectivity index (χ4v) is 3.23. The summed E-state index contributed by atoms with van der Waals surface area (Å²) in [4.78, 5) is 4.59. The lowest BCUT2D eigenvalue weighted by atomic mass is 10.0. The molecule has 0 fully saturated rings.